The standard InChI is InChI=1S/C21H17F3N2O2/c22-21(23,24)16-9-4-8-15(12-16)19-18(17-10-5-11-26(17)25-19)20(27)28-13-14-6-2-1-3-7-14/h1-4,6-9,12H,5,10-11,13H2. The molecule has 2 heterocycles. The van der Waals surface area contributed by atoms with Crippen molar-refractivity contribution in [3.8, 4) is 11.3 Å². The Balaban J connectivity index is 1.69. The lowest BCUT2D eigenvalue weighted by atomic mass is 10.0. The predicted molar refractivity (Wildman–Crippen MR) is 96.5 cm³/mol. The van der Waals surface area contributed by atoms with E-state index in [-0.39, 0.29) is 23.4 Å². The molecule has 0 N–H and O–H groups in total. The van der Waals surface area contributed by atoms with Crippen LogP contribution < -0.4 is 0 Å². The SMILES string of the molecule is O=C(OCc1ccccc1)c1c(-c2cccc(C(F)(F)F)c2)nn2c1CCC2. The molecular weight excluding hydrogens is 369 g/mol. The van der Waals surface area contributed by atoms with Crippen LogP contribution in [0.2, 0.25) is 0 Å². The Morgan fingerprint density at radius 1 is 1.11 bits per heavy atom. The zero-order valence-corrected chi connectivity index (χ0v) is 14.9. The average Bonchev–Trinajstić information content (AvgIpc) is 3.27. The molecule has 0 saturated heterocycles. The zero-order valence-electron chi connectivity index (χ0n) is 14.9. The number of aryl methyl sites for hydroxylation is 1. The van der Waals surface area contributed by atoms with Crippen LogP contribution in [0.15, 0.2) is 54.6 Å². The van der Waals surface area contributed by atoms with Gasteiger partial charge in [0.1, 0.15) is 17.9 Å². The molecule has 1 aliphatic heterocycles. The van der Waals surface area contributed by atoms with Gasteiger partial charge in [-0.1, -0.05) is 42.5 Å². The summed E-state index contributed by atoms with van der Waals surface area (Å²) in [5, 5.41) is 4.41. The van der Waals surface area contributed by atoms with Crippen LogP contribution in [0, 0.1) is 0 Å². The number of ether oxygens (including phenoxy) is 1. The first-order valence-corrected chi connectivity index (χ1v) is 8.92. The third kappa shape index (κ3) is 3.52. The van der Waals surface area contributed by atoms with Gasteiger partial charge in [-0.2, -0.15) is 18.3 Å². The summed E-state index contributed by atoms with van der Waals surface area (Å²) in [6.45, 7) is 0.722. The Bertz CT molecular complexity index is 1010. The van der Waals surface area contributed by atoms with Gasteiger partial charge in [0.25, 0.3) is 0 Å². The van der Waals surface area contributed by atoms with Gasteiger partial charge in [0, 0.05) is 12.1 Å². The van der Waals surface area contributed by atoms with Crippen molar-refractivity contribution in [3.05, 3.63) is 77.0 Å². The fourth-order valence-corrected chi connectivity index (χ4v) is 3.39. The Hall–Kier alpha value is -3.09. The van der Waals surface area contributed by atoms with Crippen LogP contribution in [0.5, 0.6) is 0 Å². The number of nitrogens with zero attached hydrogens (tertiary/aromatic N) is 2. The van der Waals surface area contributed by atoms with Crippen LogP contribution in [0.4, 0.5) is 13.2 Å². The third-order valence-electron chi connectivity index (χ3n) is 4.72. The Labute approximate surface area is 159 Å². The van der Waals surface area contributed by atoms with Gasteiger partial charge in [-0.3, -0.25) is 4.68 Å². The molecule has 144 valence electrons. The van der Waals surface area contributed by atoms with Crippen molar-refractivity contribution in [2.24, 2.45) is 0 Å². The highest BCUT2D eigenvalue weighted by molar-refractivity contribution is 5.97. The summed E-state index contributed by atoms with van der Waals surface area (Å²) in [6.07, 6.45) is -2.99. The van der Waals surface area contributed by atoms with Crippen molar-refractivity contribution in [2.45, 2.75) is 32.2 Å². The van der Waals surface area contributed by atoms with Gasteiger partial charge in [0.05, 0.1) is 11.3 Å². The number of esters is 1. The maximum absolute atomic E-state index is 13.1. The Morgan fingerprint density at radius 2 is 1.89 bits per heavy atom. The molecule has 0 radical (unpaired) electrons. The quantitative estimate of drug-likeness (QED) is 0.601. The minimum Gasteiger partial charge on any atom is -0.457 e. The van der Waals surface area contributed by atoms with E-state index in [0.29, 0.717) is 18.7 Å². The van der Waals surface area contributed by atoms with Gasteiger partial charge in [0.2, 0.25) is 0 Å². The highest BCUT2D eigenvalue weighted by Gasteiger charge is 2.32. The molecular formula is C21H17F3N2O2. The molecule has 3 aromatic rings. The minimum atomic E-state index is -4.47. The Morgan fingerprint density at radius 3 is 2.64 bits per heavy atom. The molecule has 1 aliphatic rings. The first kappa shape index (κ1) is 18.3. The number of carbonyl (C=O) groups excluding carboxylic acids is 1. The molecule has 0 aliphatic carbocycles. The number of aromatic nitrogens is 2. The number of rotatable bonds is 4. The molecule has 7 heteroatoms. The molecule has 0 amide bonds. The second-order valence-electron chi connectivity index (χ2n) is 6.64. The molecule has 0 spiro atoms. The van der Waals surface area contributed by atoms with E-state index in [9.17, 15) is 18.0 Å². The van der Waals surface area contributed by atoms with Crippen molar-refractivity contribution in [1.29, 1.82) is 0 Å². The fourth-order valence-electron chi connectivity index (χ4n) is 3.39. The van der Waals surface area contributed by atoms with Gasteiger partial charge >= 0.3 is 12.1 Å². The van der Waals surface area contributed by atoms with Gasteiger partial charge in [-0.15, -0.1) is 0 Å². The lowest BCUT2D eigenvalue weighted by Crippen LogP contribution is -2.09. The average molecular weight is 386 g/mol. The molecule has 0 fully saturated rings. The first-order chi connectivity index (χ1) is 13.4. The normalized spacial score (nSPS) is 13.4. The largest absolute Gasteiger partial charge is 0.457 e. The summed E-state index contributed by atoms with van der Waals surface area (Å²) < 4.78 is 46.4. The van der Waals surface area contributed by atoms with E-state index >= 15 is 0 Å². The number of benzene rings is 2. The van der Waals surface area contributed by atoms with E-state index in [0.717, 1.165) is 24.1 Å². The van der Waals surface area contributed by atoms with Gasteiger partial charge in [-0.05, 0) is 30.5 Å². The van der Waals surface area contributed by atoms with Crippen LogP contribution in [-0.4, -0.2) is 15.7 Å². The summed E-state index contributed by atoms with van der Waals surface area (Å²) in [6, 6.07) is 14.1. The van der Waals surface area contributed by atoms with Crippen molar-refractivity contribution in [2.75, 3.05) is 0 Å². The molecule has 4 nitrogen and oxygen atoms in total. The third-order valence-corrected chi connectivity index (χ3v) is 4.72. The van der Waals surface area contributed by atoms with Gasteiger partial charge in [-0.25, -0.2) is 4.79 Å². The van der Waals surface area contributed by atoms with Crippen LogP contribution in [0.3, 0.4) is 0 Å². The van der Waals surface area contributed by atoms with E-state index in [2.05, 4.69) is 5.10 Å². The second-order valence-corrected chi connectivity index (χ2v) is 6.64. The maximum atomic E-state index is 13.1. The van der Waals surface area contributed by atoms with E-state index < -0.39 is 17.7 Å². The van der Waals surface area contributed by atoms with Crippen molar-refractivity contribution >= 4 is 5.97 Å². The summed E-state index contributed by atoms with van der Waals surface area (Å²) in [5.74, 6) is -0.570. The zero-order chi connectivity index (χ0) is 19.7. The molecule has 28 heavy (non-hydrogen) atoms. The van der Waals surface area contributed by atoms with Gasteiger partial charge < -0.3 is 4.74 Å². The number of fused-ring (bicyclic) bond motifs is 1. The number of hydrogen-bond donors (Lipinski definition) is 0. The maximum Gasteiger partial charge on any atom is 0.416 e. The number of carbonyl (C=O) groups is 1. The number of alkyl halides is 3. The minimum absolute atomic E-state index is 0.0896. The van der Waals surface area contributed by atoms with Crippen molar-refractivity contribution < 1.29 is 22.7 Å². The molecule has 4 rings (SSSR count). The number of hydrogen-bond acceptors (Lipinski definition) is 3. The Kier molecular flexibility index (Phi) is 4.66. The summed E-state index contributed by atoms with van der Waals surface area (Å²) in [5.41, 5.74) is 1.52. The highest BCUT2D eigenvalue weighted by Crippen LogP contribution is 2.35. The molecule has 0 atom stereocenters. The topological polar surface area (TPSA) is 44.1 Å². The van der Waals surface area contributed by atoms with E-state index in [1.807, 2.05) is 30.3 Å². The first-order valence-electron chi connectivity index (χ1n) is 8.92. The van der Waals surface area contributed by atoms with E-state index in [4.69, 9.17) is 4.74 Å². The fraction of sp³-hybridized carbons (Fsp3) is 0.238. The van der Waals surface area contributed by atoms with Crippen LogP contribution in [0.25, 0.3) is 11.3 Å². The molecule has 0 saturated carbocycles. The highest BCUT2D eigenvalue weighted by atomic mass is 19.4. The summed E-state index contributed by atoms with van der Waals surface area (Å²) in [4.78, 5) is 12.8. The van der Waals surface area contributed by atoms with Crippen LogP contribution >= 0.6 is 0 Å². The van der Waals surface area contributed by atoms with Crippen LogP contribution in [0.1, 0.15) is 33.6 Å². The van der Waals surface area contributed by atoms with Crippen LogP contribution in [-0.2, 0) is 30.5 Å². The van der Waals surface area contributed by atoms with E-state index in [1.165, 1.54) is 12.1 Å². The lowest BCUT2D eigenvalue weighted by molar-refractivity contribution is -0.137. The smallest absolute Gasteiger partial charge is 0.416 e. The second kappa shape index (κ2) is 7.14. The number of halogens is 3. The predicted octanol–water partition coefficient (Wildman–Crippen LogP) is 4.87. The molecule has 2 aromatic carbocycles. The molecule has 0 unspecified atom stereocenters. The summed E-state index contributed by atoms with van der Waals surface area (Å²) >= 11 is 0. The molecule has 1 aromatic heterocycles. The van der Waals surface area contributed by atoms with Crippen molar-refractivity contribution in [3.63, 3.8) is 0 Å². The van der Waals surface area contributed by atoms with Gasteiger partial charge in [0.15, 0.2) is 0 Å². The van der Waals surface area contributed by atoms with Crippen molar-refractivity contribution in [1.82, 2.24) is 9.78 Å². The monoisotopic (exact) mass is 386 g/mol. The molecule has 0 bridgehead atoms. The summed E-state index contributed by atoms with van der Waals surface area (Å²) in [7, 11) is 0. The lowest BCUT2D eigenvalue weighted by Gasteiger charge is -2.09. The van der Waals surface area contributed by atoms with E-state index in [1.54, 1.807) is 4.68 Å².